The highest BCUT2D eigenvalue weighted by atomic mass is 79.9. The van der Waals surface area contributed by atoms with E-state index in [0.717, 1.165) is 23.6 Å². The second-order valence-corrected chi connectivity index (χ2v) is 6.08. The van der Waals surface area contributed by atoms with Crippen LogP contribution in [0.25, 0.3) is 5.69 Å². The molecule has 1 saturated carbocycles. The smallest absolute Gasteiger partial charge is 0.137 e. The summed E-state index contributed by atoms with van der Waals surface area (Å²) in [5.41, 5.74) is 3.16. The summed E-state index contributed by atoms with van der Waals surface area (Å²) in [4.78, 5) is 4.72. The number of imidazole rings is 1. The highest BCUT2D eigenvalue weighted by molar-refractivity contribution is 9.10. The zero-order chi connectivity index (χ0) is 13.0. The predicted molar refractivity (Wildman–Crippen MR) is 73.7 cm³/mol. The summed E-state index contributed by atoms with van der Waals surface area (Å²) in [6, 6.07) is 3.44. The summed E-state index contributed by atoms with van der Waals surface area (Å²) in [7, 11) is 0. The number of halogens is 2. The highest BCUT2D eigenvalue weighted by Crippen LogP contribution is 2.40. The maximum absolute atomic E-state index is 13.7. The normalized spacial score (nSPS) is 17.8. The van der Waals surface area contributed by atoms with E-state index in [1.165, 1.54) is 18.5 Å². The molecule has 0 unspecified atom stereocenters. The number of nitrogens with one attached hydrogen (secondary N) is 1. The summed E-state index contributed by atoms with van der Waals surface area (Å²) >= 11 is 3.27. The van der Waals surface area contributed by atoms with Crippen molar-refractivity contribution in [1.82, 2.24) is 14.9 Å². The first kappa shape index (κ1) is 11.6. The van der Waals surface area contributed by atoms with Gasteiger partial charge in [0, 0.05) is 18.7 Å². The van der Waals surface area contributed by atoms with E-state index in [-0.39, 0.29) is 5.82 Å². The third-order valence-electron chi connectivity index (χ3n) is 3.77. The predicted octanol–water partition coefficient (Wildman–Crippen LogP) is 3.25. The van der Waals surface area contributed by atoms with E-state index < -0.39 is 0 Å². The zero-order valence-electron chi connectivity index (χ0n) is 10.3. The maximum Gasteiger partial charge on any atom is 0.137 e. The third kappa shape index (κ3) is 1.92. The van der Waals surface area contributed by atoms with Crippen LogP contribution in [0.5, 0.6) is 0 Å². The summed E-state index contributed by atoms with van der Waals surface area (Å²) in [5, 5.41) is 3.31. The van der Waals surface area contributed by atoms with Gasteiger partial charge in [0.1, 0.15) is 11.6 Å². The highest BCUT2D eigenvalue weighted by Gasteiger charge is 2.28. The third-order valence-corrected chi connectivity index (χ3v) is 4.38. The van der Waals surface area contributed by atoms with Crippen LogP contribution in [0, 0.1) is 5.82 Å². The minimum atomic E-state index is -0.216. The van der Waals surface area contributed by atoms with Crippen molar-refractivity contribution in [2.45, 2.75) is 31.8 Å². The molecule has 4 rings (SSSR count). The Hall–Kier alpha value is -1.20. The van der Waals surface area contributed by atoms with Crippen molar-refractivity contribution in [3.63, 3.8) is 0 Å². The average molecular weight is 322 g/mol. The molecule has 1 aromatic carbocycles. The van der Waals surface area contributed by atoms with Crippen molar-refractivity contribution in [2.24, 2.45) is 0 Å². The molecule has 1 aliphatic heterocycles. The molecule has 5 heteroatoms. The van der Waals surface area contributed by atoms with Gasteiger partial charge in [-0.15, -0.1) is 0 Å². The minimum Gasteiger partial charge on any atom is -0.306 e. The van der Waals surface area contributed by atoms with Gasteiger partial charge in [0.15, 0.2) is 0 Å². The molecule has 98 valence electrons. The van der Waals surface area contributed by atoms with Crippen molar-refractivity contribution >= 4 is 15.9 Å². The second-order valence-electron chi connectivity index (χ2n) is 5.22. The van der Waals surface area contributed by atoms with E-state index in [4.69, 9.17) is 4.98 Å². The number of fused-ring (bicyclic) bond motifs is 3. The van der Waals surface area contributed by atoms with Crippen LogP contribution in [0.2, 0.25) is 0 Å². The number of hydrogen-bond acceptors (Lipinski definition) is 2. The lowest BCUT2D eigenvalue weighted by atomic mass is 10.1. The Balaban J connectivity index is 1.91. The fourth-order valence-corrected chi connectivity index (χ4v) is 2.93. The first-order valence-corrected chi connectivity index (χ1v) is 7.29. The van der Waals surface area contributed by atoms with Gasteiger partial charge in [0.25, 0.3) is 0 Å². The number of aromatic nitrogens is 2. The second kappa shape index (κ2) is 4.15. The van der Waals surface area contributed by atoms with E-state index in [0.29, 0.717) is 16.9 Å². The van der Waals surface area contributed by atoms with Gasteiger partial charge in [0.05, 0.1) is 22.4 Å². The Morgan fingerprint density at radius 1 is 1.32 bits per heavy atom. The summed E-state index contributed by atoms with van der Waals surface area (Å²) < 4.78 is 16.3. The van der Waals surface area contributed by atoms with Gasteiger partial charge in [-0.05, 0) is 46.5 Å². The summed E-state index contributed by atoms with van der Waals surface area (Å²) in [5.74, 6) is 1.43. The Kier molecular flexibility index (Phi) is 2.53. The molecule has 0 amide bonds. The average Bonchev–Trinajstić information content (AvgIpc) is 3.17. The van der Waals surface area contributed by atoms with E-state index in [9.17, 15) is 4.39 Å². The summed E-state index contributed by atoms with van der Waals surface area (Å²) in [6.45, 7) is 1.39. The van der Waals surface area contributed by atoms with Crippen LogP contribution in [0.3, 0.4) is 0 Å². The fraction of sp³-hybridized carbons (Fsp3) is 0.357. The van der Waals surface area contributed by atoms with Crippen LogP contribution in [0.15, 0.2) is 22.8 Å². The lowest BCUT2D eigenvalue weighted by Crippen LogP contribution is -2.11. The standard InChI is InChI=1S/C14H13BrFN3/c15-10-4-13-9(3-11(10)16)5-17-6-14-18-12(7-19(13)14)8-1-2-8/h3-4,7-8,17H,1-2,5-6H2. The molecule has 0 atom stereocenters. The van der Waals surface area contributed by atoms with Crippen molar-refractivity contribution in [1.29, 1.82) is 0 Å². The minimum absolute atomic E-state index is 0.216. The number of hydrogen-bond donors (Lipinski definition) is 1. The maximum atomic E-state index is 13.7. The van der Waals surface area contributed by atoms with Gasteiger partial charge in [-0.25, -0.2) is 9.37 Å². The molecular formula is C14H13BrFN3. The molecule has 3 nitrogen and oxygen atoms in total. The van der Waals surface area contributed by atoms with Crippen molar-refractivity contribution < 1.29 is 4.39 Å². The molecule has 1 aliphatic carbocycles. The first-order valence-electron chi connectivity index (χ1n) is 6.49. The van der Waals surface area contributed by atoms with Crippen molar-refractivity contribution in [2.75, 3.05) is 0 Å². The molecule has 2 aromatic rings. The molecule has 2 aliphatic rings. The Labute approximate surface area is 119 Å². The molecule has 19 heavy (non-hydrogen) atoms. The largest absolute Gasteiger partial charge is 0.306 e. The van der Waals surface area contributed by atoms with Gasteiger partial charge >= 0.3 is 0 Å². The molecule has 1 N–H and O–H groups in total. The van der Waals surface area contributed by atoms with Gasteiger partial charge in [-0.1, -0.05) is 0 Å². The molecule has 1 fully saturated rings. The quantitative estimate of drug-likeness (QED) is 0.873. The fourth-order valence-electron chi connectivity index (χ4n) is 2.60. The molecule has 1 aromatic heterocycles. The zero-order valence-corrected chi connectivity index (χ0v) is 11.9. The van der Waals surface area contributed by atoms with Gasteiger partial charge in [-0.3, -0.25) is 0 Å². The van der Waals surface area contributed by atoms with Crippen LogP contribution in [-0.2, 0) is 13.1 Å². The Morgan fingerprint density at radius 2 is 2.16 bits per heavy atom. The van der Waals surface area contributed by atoms with E-state index in [1.807, 2.05) is 6.07 Å². The lowest BCUT2D eigenvalue weighted by molar-refractivity contribution is 0.615. The number of nitrogens with zero attached hydrogens (tertiary/aromatic N) is 2. The van der Waals surface area contributed by atoms with Crippen molar-refractivity contribution in [3.8, 4) is 5.69 Å². The number of benzene rings is 1. The molecule has 0 bridgehead atoms. The number of rotatable bonds is 1. The molecule has 0 spiro atoms. The summed E-state index contributed by atoms with van der Waals surface area (Å²) in [6.07, 6.45) is 4.59. The Bertz CT molecular complexity index is 661. The van der Waals surface area contributed by atoms with Crippen LogP contribution >= 0.6 is 15.9 Å². The van der Waals surface area contributed by atoms with E-state index in [2.05, 4.69) is 32.0 Å². The molecule has 2 heterocycles. The SMILES string of the molecule is Fc1cc2c(cc1Br)-n1cc(C3CC3)nc1CNC2. The first-order chi connectivity index (χ1) is 9.22. The van der Waals surface area contributed by atoms with Crippen molar-refractivity contribution in [3.05, 3.63) is 45.7 Å². The van der Waals surface area contributed by atoms with Gasteiger partial charge in [0.2, 0.25) is 0 Å². The van der Waals surface area contributed by atoms with Crippen LogP contribution in [0.4, 0.5) is 4.39 Å². The van der Waals surface area contributed by atoms with Crippen LogP contribution in [0.1, 0.15) is 35.8 Å². The monoisotopic (exact) mass is 321 g/mol. The topological polar surface area (TPSA) is 29.9 Å². The van der Waals surface area contributed by atoms with Gasteiger partial charge in [-0.2, -0.15) is 0 Å². The Morgan fingerprint density at radius 3 is 2.95 bits per heavy atom. The van der Waals surface area contributed by atoms with E-state index >= 15 is 0 Å². The lowest BCUT2D eigenvalue weighted by Gasteiger charge is -2.09. The molecule has 0 radical (unpaired) electrons. The molecule has 0 saturated heterocycles. The van der Waals surface area contributed by atoms with Crippen LogP contribution in [-0.4, -0.2) is 9.55 Å². The van der Waals surface area contributed by atoms with E-state index in [1.54, 1.807) is 6.07 Å². The van der Waals surface area contributed by atoms with Crippen LogP contribution < -0.4 is 5.32 Å². The van der Waals surface area contributed by atoms with Gasteiger partial charge < -0.3 is 9.88 Å². The molecular weight excluding hydrogens is 309 g/mol.